The Labute approximate surface area is 92.3 Å². The zero-order valence-electron chi connectivity index (χ0n) is 9.57. The number of aliphatic hydroxyl groups is 2. The van der Waals surface area contributed by atoms with Gasteiger partial charge < -0.3 is 14.7 Å². The van der Waals surface area contributed by atoms with Crippen LogP contribution < -0.4 is 0 Å². The van der Waals surface area contributed by atoms with E-state index in [9.17, 15) is 10.2 Å². The van der Waals surface area contributed by atoms with E-state index in [-0.39, 0.29) is 0 Å². The maximum atomic E-state index is 9.44. The standard InChI is InChI=1S/C12H24NO2/c14-9-8-13-6-2-1-5-12(13)11(10-15)4-3-7-13/h11-12,14-15H,1-10H2/q+1. The van der Waals surface area contributed by atoms with E-state index < -0.39 is 0 Å². The lowest BCUT2D eigenvalue weighted by Gasteiger charge is -2.53. The highest BCUT2D eigenvalue weighted by Gasteiger charge is 2.45. The molecule has 2 fully saturated rings. The summed E-state index contributed by atoms with van der Waals surface area (Å²) in [5, 5.41) is 18.7. The number of quaternary nitrogens is 1. The highest BCUT2D eigenvalue weighted by Crippen LogP contribution is 2.36. The van der Waals surface area contributed by atoms with Crippen molar-refractivity contribution in [2.75, 3.05) is 32.8 Å². The van der Waals surface area contributed by atoms with E-state index >= 15 is 0 Å². The Balaban J connectivity index is 2.13. The average Bonchev–Trinajstić information content (AvgIpc) is 2.28. The van der Waals surface area contributed by atoms with Crippen molar-refractivity contribution >= 4 is 0 Å². The van der Waals surface area contributed by atoms with Crippen molar-refractivity contribution in [3.63, 3.8) is 0 Å². The highest BCUT2D eigenvalue weighted by atomic mass is 16.3. The van der Waals surface area contributed by atoms with Gasteiger partial charge in [-0.1, -0.05) is 0 Å². The summed E-state index contributed by atoms with van der Waals surface area (Å²) in [6.45, 7) is 4.00. The first-order valence-electron chi connectivity index (χ1n) is 6.40. The van der Waals surface area contributed by atoms with Gasteiger partial charge in [-0.25, -0.2) is 0 Å². The molecule has 2 N–H and O–H groups in total. The van der Waals surface area contributed by atoms with Crippen LogP contribution in [0, 0.1) is 5.92 Å². The van der Waals surface area contributed by atoms with Crippen LogP contribution in [0.1, 0.15) is 32.1 Å². The second kappa shape index (κ2) is 4.81. The molecule has 2 aliphatic heterocycles. The Hall–Kier alpha value is -0.120. The van der Waals surface area contributed by atoms with E-state index in [1.807, 2.05) is 0 Å². The lowest BCUT2D eigenvalue weighted by molar-refractivity contribution is -0.964. The fraction of sp³-hybridized carbons (Fsp3) is 1.00. The number of hydrogen-bond donors (Lipinski definition) is 2. The van der Waals surface area contributed by atoms with Crippen LogP contribution in [0.15, 0.2) is 0 Å². The molecule has 2 saturated heterocycles. The number of fused-ring (bicyclic) bond motifs is 1. The van der Waals surface area contributed by atoms with Crippen molar-refractivity contribution < 1.29 is 14.7 Å². The van der Waals surface area contributed by atoms with Gasteiger partial charge in [-0.2, -0.15) is 0 Å². The molecule has 2 rings (SSSR count). The molecule has 0 amide bonds. The molecule has 88 valence electrons. The predicted molar refractivity (Wildman–Crippen MR) is 59.4 cm³/mol. The molecule has 0 spiro atoms. The van der Waals surface area contributed by atoms with Crippen molar-refractivity contribution in [2.45, 2.75) is 38.1 Å². The molecule has 0 aromatic rings. The number of hydrogen-bond acceptors (Lipinski definition) is 2. The van der Waals surface area contributed by atoms with Gasteiger partial charge in [-0.05, 0) is 25.7 Å². The van der Waals surface area contributed by atoms with Crippen molar-refractivity contribution in [3.05, 3.63) is 0 Å². The summed E-state index contributed by atoms with van der Waals surface area (Å²) in [5.41, 5.74) is 0. The van der Waals surface area contributed by atoms with Crippen LogP contribution in [0.4, 0.5) is 0 Å². The Kier molecular flexibility index (Phi) is 3.65. The summed E-state index contributed by atoms with van der Waals surface area (Å²) in [7, 11) is 0. The van der Waals surface area contributed by atoms with Gasteiger partial charge in [0.05, 0.1) is 32.3 Å². The van der Waals surface area contributed by atoms with Gasteiger partial charge in [0, 0.05) is 12.3 Å². The van der Waals surface area contributed by atoms with Crippen LogP contribution in [0.5, 0.6) is 0 Å². The molecule has 0 aromatic heterocycles. The summed E-state index contributed by atoms with van der Waals surface area (Å²) in [5.74, 6) is 0.491. The maximum absolute atomic E-state index is 9.44. The van der Waals surface area contributed by atoms with Crippen molar-refractivity contribution in [1.82, 2.24) is 0 Å². The number of aliphatic hydroxyl groups excluding tert-OH is 2. The first kappa shape index (κ1) is 11.4. The predicted octanol–water partition coefficient (Wildman–Crippen LogP) is 0.750. The molecule has 3 atom stereocenters. The minimum absolute atomic E-state index is 0.300. The second-order valence-corrected chi connectivity index (χ2v) is 5.26. The van der Waals surface area contributed by atoms with Crippen molar-refractivity contribution in [3.8, 4) is 0 Å². The quantitative estimate of drug-likeness (QED) is 0.681. The second-order valence-electron chi connectivity index (χ2n) is 5.26. The summed E-state index contributed by atoms with van der Waals surface area (Å²) in [4.78, 5) is 0. The SMILES string of the molecule is OCC[N+]12CCCCC1C(CO)CCC2. The largest absolute Gasteiger partial charge is 0.396 e. The van der Waals surface area contributed by atoms with E-state index in [0.717, 1.165) is 11.0 Å². The third-order valence-corrected chi connectivity index (χ3v) is 4.56. The molecule has 3 unspecified atom stereocenters. The van der Waals surface area contributed by atoms with Crippen LogP contribution in [0.25, 0.3) is 0 Å². The van der Waals surface area contributed by atoms with E-state index in [2.05, 4.69) is 0 Å². The van der Waals surface area contributed by atoms with Gasteiger partial charge in [-0.15, -0.1) is 0 Å². The molecule has 3 heteroatoms. The smallest absolute Gasteiger partial charge is 0.102 e. The lowest BCUT2D eigenvalue weighted by Crippen LogP contribution is -2.64. The Morgan fingerprint density at radius 2 is 1.80 bits per heavy atom. The molecule has 2 aliphatic rings. The van der Waals surface area contributed by atoms with Crippen LogP contribution >= 0.6 is 0 Å². The van der Waals surface area contributed by atoms with Gasteiger partial charge in [0.2, 0.25) is 0 Å². The molecule has 0 aliphatic carbocycles. The van der Waals surface area contributed by atoms with Crippen LogP contribution in [-0.4, -0.2) is 53.6 Å². The third-order valence-electron chi connectivity index (χ3n) is 4.56. The third kappa shape index (κ3) is 2.05. The van der Waals surface area contributed by atoms with Gasteiger partial charge in [0.1, 0.15) is 6.54 Å². The summed E-state index contributed by atoms with van der Waals surface area (Å²) in [6, 6.07) is 0.629. The average molecular weight is 214 g/mol. The molecule has 0 saturated carbocycles. The summed E-state index contributed by atoms with van der Waals surface area (Å²) < 4.78 is 1.10. The van der Waals surface area contributed by atoms with Gasteiger partial charge >= 0.3 is 0 Å². The first-order chi connectivity index (χ1) is 7.32. The highest BCUT2D eigenvalue weighted by molar-refractivity contribution is 4.79. The zero-order chi connectivity index (χ0) is 10.7. The van der Waals surface area contributed by atoms with Crippen molar-refractivity contribution in [1.29, 1.82) is 0 Å². The lowest BCUT2D eigenvalue weighted by atomic mass is 9.81. The molecular formula is C12H24NO2+. The minimum Gasteiger partial charge on any atom is -0.396 e. The normalized spacial score (nSPS) is 41.2. The molecule has 15 heavy (non-hydrogen) atoms. The van der Waals surface area contributed by atoms with Crippen LogP contribution in [0.3, 0.4) is 0 Å². The topological polar surface area (TPSA) is 40.5 Å². The summed E-state index contributed by atoms with van der Waals surface area (Å²) in [6.07, 6.45) is 6.28. The van der Waals surface area contributed by atoms with E-state index in [4.69, 9.17) is 0 Å². The monoisotopic (exact) mass is 214 g/mol. The van der Waals surface area contributed by atoms with Gasteiger partial charge in [0.25, 0.3) is 0 Å². The number of piperidine rings is 2. The van der Waals surface area contributed by atoms with Crippen molar-refractivity contribution in [2.24, 2.45) is 5.92 Å². The molecular weight excluding hydrogens is 190 g/mol. The Bertz CT molecular complexity index is 200. The molecule has 0 aromatic carbocycles. The van der Waals surface area contributed by atoms with Gasteiger partial charge in [0.15, 0.2) is 0 Å². The van der Waals surface area contributed by atoms with Crippen LogP contribution in [-0.2, 0) is 0 Å². The first-order valence-corrected chi connectivity index (χ1v) is 6.40. The Morgan fingerprint density at radius 1 is 1.00 bits per heavy atom. The molecule has 0 bridgehead atoms. The molecule has 3 nitrogen and oxygen atoms in total. The molecule has 2 heterocycles. The van der Waals surface area contributed by atoms with E-state index in [1.54, 1.807) is 0 Å². The summed E-state index contributed by atoms with van der Waals surface area (Å²) >= 11 is 0. The fourth-order valence-corrected chi connectivity index (χ4v) is 3.84. The van der Waals surface area contributed by atoms with E-state index in [1.165, 1.54) is 45.2 Å². The van der Waals surface area contributed by atoms with E-state index in [0.29, 0.717) is 25.2 Å². The minimum atomic E-state index is 0.300. The number of nitrogens with zero attached hydrogens (tertiary/aromatic N) is 1. The Morgan fingerprint density at radius 3 is 2.53 bits per heavy atom. The van der Waals surface area contributed by atoms with Crippen LogP contribution in [0.2, 0.25) is 0 Å². The maximum Gasteiger partial charge on any atom is 0.102 e. The molecule has 0 radical (unpaired) electrons. The number of rotatable bonds is 3. The fourth-order valence-electron chi connectivity index (χ4n) is 3.84. The zero-order valence-corrected chi connectivity index (χ0v) is 9.57. The van der Waals surface area contributed by atoms with Gasteiger partial charge in [-0.3, -0.25) is 0 Å².